The minimum atomic E-state index is -1.57. The van der Waals surface area contributed by atoms with Crippen LogP contribution in [0.25, 0.3) is 22.2 Å². The maximum absolute atomic E-state index is 14.4. The lowest BCUT2D eigenvalue weighted by atomic mass is 9.97. The van der Waals surface area contributed by atoms with Crippen molar-refractivity contribution in [1.29, 1.82) is 10.5 Å². The number of rotatable bonds is 4. The number of fused-ring (bicyclic) bond motifs is 1. The number of ketones is 1. The molecule has 0 fully saturated rings. The number of pyridine rings is 1. The minimum Gasteiger partial charge on any atom is -0.496 e. The Kier molecular flexibility index (Phi) is 4.59. The highest BCUT2D eigenvalue weighted by molar-refractivity contribution is 6.04. The van der Waals surface area contributed by atoms with E-state index in [4.69, 9.17) is 15.3 Å². The highest BCUT2D eigenvalue weighted by Crippen LogP contribution is 2.32. The van der Waals surface area contributed by atoms with Crippen LogP contribution in [0.4, 0.5) is 4.39 Å². The number of carbonyl (C=O) groups excluding carboxylic acids is 1. The van der Waals surface area contributed by atoms with Crippen molar-refractivity contribution in [3.63, 3.8) is 0 Å². The number of halogens is 1. The number of benzene rings is 2. The molecule has 0 spiro atoms. The maximum Gasteiger partial charge on any atom is 0.197 e. The standard InChI is InChI=1S/C20H12FN3O2/c1-26-19-9-17(12-5-3-2-4-6-12)24-18-8-14(16(21)7-15(18)19)20(25)13(10-22)11-23/h2-9,13H,1H3. The van der Waals surface area contributed by atoms with Gasteiger partial charge in [-0.2, -0.15) is 10.5 Å². The molecule has 0 atom stereocenters. The Labute approximate surface area is 148 Å². The number of nitrogens with zero attached hydrogens (tertiary/aromatic N) is 3. The lowest BCUT2D eigenvalue weighted by molar-refractivity contribution is 0.0967. The average Bonchev–Trinajstić information content (AvgIpc) is 2.68. The van der Waals surface area contributed by atoms with Crippen molar-refractivity contribution < 1.29 is 13.9 Å². The summed E-state index contributed by atoms with van der Waals surface area (Å²) in [6.07, 6.45) is 0. The molecule has 2 aromatic carbocycles. The van der Waals surface area contributed by atoms with Gasteiger partial charge in [-0.3, -0.25) is 4.79 Å². The summed E-state index contributed by atoms with van der Waals surface area (Å²) >= 11 is 0. The molecule has 0 unspecified atom stereocenters. The van der Waals surface area contributed by atoms with E-state index in [0.29, 0.717) is 22.3 Å². The Balaban J connectivity index is 2.24. The first-order valence-electron chi connectivity index (χ1n) is 7.66. The molecule has 26 heavy (non-hydrogen) atoms. The molecule has 0 aliphatic heterocycles. The molecule has 0 saturated heterocycles. The fraction of sp³-hybridized carbons (Fsp3) is 0.100. The number of methoxy groups -OCH3 is 1. The predicted octanol–water partition coefficient (Wildman–Crippen LogP) is 3.90. The molecule has 1 aromatic heterocycles. The minimum absolute atomic E-state index is 0.336. The summed E-state index contributed by atoms with van der Waals surface area (Å²) in [6.45, 7) is 0. The van der Waals surface area contributed by atoms with E-state index in [0.717, 1.165) is 11.6 Å². The van der Waals surface area contributed by atoms with Crippen LogP contribution >= 0.6 is 0 Å². The quantitative estimate of drug-likeness (QED) is 0.669. The summed E-state index contributed by atoms with van der Waals surface area (Å²) < 4.78 is 19.8. The van der Waals surface area contributed by atoms with Crippen LogP contribution in [0.3, 0.4) is 0 Å². The number of aromatic nitrogens is 1. The normalized spacial score (nSPS) is 10.3. The second-order valence-electron chi connectivity index (χ2n) is 5.48. The summed E-state index contributed by atoms with van der Waals surface area (Å²) in [5, 5.41) is 18.2. The molecule has 126 valence electrons. The molecule has 0 N–H and O–H groups in total. The van der Waals surface area contributed by atoms with Crippen molar-refractivity contribution in [1.82, 2.24) is 4.98 Å². The summed E-state index contributed by atoms with van der Waals surface area (Å²) in [6, 6.07) is 16.5. The molecular weight excluding hydrogens is 333 g/mol. The molecular formula is C20H12FN3O2. The zero-order valence-corrected chi connectivity index (χ0v) is 13.7. The number of carbonyl (C=O) groups is 1. The van der Waals surface area contributed by atoms with E-state index in [1.807, 2.05) is 30.3 Å². The molecule has 0 saturated carbocycles. The van der Waals surface area contributed by atoms with Crippen LogP contribution in [0, 0.1) is 34.4 Å². The van der Waals surface area contributed by atoms with Gasteiger partial charge in [0.15, 0.2) is 11.7 Å². The number of Topliss-reactive ketones (excluding diaryl/α,β-unsaturated/α-hetero) is 1. The van der Waals surface area contributed by atoms with E-state index in [-0.39, 0.29) is 5.56 Å². The van der Waals surface area contributed by atoms with E-state index in [2.05, 4.69) is 4.98 Å². The third-order valence-corrected chi connectivity index (χ3v) is 3.93. The molecule has 0 amide bonds. The van der Waals surface area contributed by atoms with E-state index in [1.165, 1.54) is 13.2 Å². The van der Waals surface area contributed by atoms with Crippen LogP contribution in [0.15, 0.2) is 48.5 Å². The Bertz CT molecular complexity index is 1070. The summed E-state index contributed by atoms with van der Waals surface area (Å²) in [7, 11) is 1.46. The Hall–Kier alpha value is -3.77. The first kappa shape index (κ1) is 17.1. The molecule has 0 radical (unpaired) electrons. The monoisotopic (exact) mass is 345 g/mol. The fourth-order valence-electron chi connectivity index (χ4n) is 2.63. The van der Waals surface area contributed by atoms with Gasteiger partial charge in [-0.15, -0.1) is 0 Å². The first-order valence-corrected chi connectivity index (χ1v) is 7.66. The lowest BCUT2D eigenvalue weighted by Gasteiger charge is -2.11. The molecule has 3 rings (SSSR count). The van der Waals surface area contributed by atoms with Crippen LogP contribution in [0.1, 0.15) is 10.4 Å². The molecule has 0 aliphatic carbocycles. The highest BCUT2D eigenvalue weighted by Gasteiger charge is 2.24. The summed E-state index contributed by atoms with van der Waals surface area (Å²) in [4.78, 5) is 16.7. The van der Waals surface area contributed by atoms with Crippen molar-refractivity contribution in [2.75, 3.05) is 7.11 Å². The Morgan fingerprint density at radius 2 is 1.85 bits per heavy atom. The summed E-state index contributed by atoms with van der Waals surface area (Å²) in [5.74, 6) is -2.88. The molecule has 1 heterocycles. The van der Waals surface area contributed by atoms with Crippen molar-refractivity contribution >= 4 is 16.7 Å². The highest BCUT2D eigenvalue weighted by atomic mass is 19.1. The van der Waals surface area contributed by atoms with Gasteiger partial charge in [-0.25, -0.2) is 9.37 Å². The number of hydrogen-bond donors (Lipinski definition) is 0. The van der Waals surface area contributed by atoms with Crippen molar-refractivity contribution in [2.45, 2.75) is 0 Å². The molecule has 6 heteroatoms. The van der Waals surface area contributed by atoms with Crippen LogP contribution in [-0.4, -0.2) is 17.9 Å². The Morgan fingerprint density at radius 3 is 2.46 bits per heavy atom. The third kappa shape index (κ3) is 2.97. The van der Waals surface area contributed by atoms with E-state index < -0.39 is 17.5 Å². The topological polar surface area (TPSA) is 86.8 Å². The van der Waals surface area contributed by atoms with Gasteiger partial charge < -0.3 is 4.74 Å². The van der Waals surface area contributed by atoms with Gasteiger partial charge in [0.25, 0.3) is 0 Å². The largest absolute Gasteiger partial charge is 0.496 e. The van der Waals surface area contributed by atoms with Crippen molar-refractivity contribution in [2.24, 2.45) is 5.92 Å². The van der Waals surface area contributed by atoms with E-state index in [9.17, 15) is 9.18 Å². The third-order valence-electron chi connectivity index (χ3n) is 3.93. The van der Waals surface area contributed by atoms with E-state index in [1.54, 1.807) is 18.2 Å². The van der Waals surface area contributed by atoms with Gasteiger partial charge in [0, 0.05) is 17.0 Å². The summed E-state index contributed by atoms with van der Waals surface area (Å²) in [5.41, 5.74) is 1.42. The first-order chi connectivity index (χ1) is 12.6. The van der Waals surface area contributed by atoms with Crippen LogP contribution in [0.5, 0.6) is 5.75 Å². The van der Waals surface area contributed by atoms with Crippen molar-refractivity contribution in [3.8, 4) is 29.1 Å². The zero-order chi connectivity index (χ0) is 18.7. The van der Waals surface area contributed by atoms with Gasteiger partial charge >= 0.3 is 0 Å². The maximum atomic E-state index is 14.4. The van der Waals surface area contributed by atoms with Crippen LogP contribution < -0.4 is 4.74 Å². The van der Waals surface area contributed by atoms with Gasteiger partial charge in [0.1, 0.15) is 11.6 Å². The number of ether oxygens (including phenoxy) is 1. The molecule has 0 bridgehead atoms. The van der Waals surface area contributed by atoms with Crippen molar-refractivity contribution in [3.05, 3.63) is 59.9 Å². The fourth-order valence-corrected chi connectivity index (χ4v) is 2.63. The second-order valence-corrected chi connectivity index (χ2v) is 5.48. The smallest absolute Gasteiger partial charge is 0.197 e. The van der Waals surface area contributed by atoms with Gasteiger partial charge in [0.2, 0.25) is 0 Å². The van der Waals surface area contributed by atoms with Gasteiger partial charge in [-0.05, 0) is 12.1 Å². The molecule has 0 aliphatic rings. The average molecular weight is 345 g/mol. The number of nitriles is 2. The lowest BCUT2D eigenvalue weighted by Crippen LogP contribution is -2.13. The molecule has 3 aromatic rings. The Morgan fingerprint density at radius 1 is 1.15 bits per heavy atom. The van der Waals surface area contributed by atoms with E-state index >= 15 is 0 Å². The van der Waals surface area contributed by atoms with Gasteiger partial charge in [0.05, 0.1) is 36.0 Å². The van der Waals surface area contributed by atoms with Gasteiger partial charge in [-0.1, -0.05) is 30.3 Å². The predicted molar refractivity (Wildman–Crippen MR) is 92.7 cm³/mol. The SMILES string of the molecule is COc1cc(-c2ccccc2)nc2cc(C(=O)C(C#N)C#N)c(F)cc12. The zero-order valence-electron chi connectivity index (χ0n) is 13.7. The number of hydrogen-bond acceptors (Lipinski definition) is 5. The van der Waals surface area contributed by atoms with Crippen LogP contribution in [0.2, 0.25) is 0 Å². The molecule has 5 nitrogen and oxygen atoms in total. The second kappa shape index (κ2) is 7.00. The van der Waals surface area contributed by atoms with Crippen LogP contribution in [-0.2, 0) is 0 Å².